The fourth-order valence-corrected chi connectivity index (χ4v) is 6.30. The van der Waals surface area contributed by atoms with Gasteiger partial charge in [-0.1, -0.05) is 13.3 Å². The Morgan fingerprint density at radius 1 is 1.24 bits per heavy atom. The molecular weight excluding hydrogens is 546 g/mol. The summed E-state index contributed by atoms with van der Waals surface area (Å²) in [6.45, 7) is 3.87. The Hall–Kier alpha value is -3.63. The number of oxazole rings is 1. The van der Waals surface area contributed by atoms with Crippen molar-refractivity contribution >= 4 is 23.4 Å². The number of benzene rings is 2. The first-order valence-corrected chi connectivity index (χ1v) is 14.9. The molecule has 3 heterocycles. The Kier molecular flexibility index (Phi) is 9.41. The molecule has 216 valence electrons. The molecule has 41 heavy (non-hydrogen) atoms. The second-order valence-electron chi connectivity index (χ2n) is 10.3. The van der Waals surface area contributed by atoms with Gasteiger partial charge in [0.15, 0.2) is 0 Å². The van der Waals surface area contributed by atoms with Crippen LogP contribution in [-0.2, 0) is 12.8 Å². The highest BCUT2D eigenvalue weighted by Gasteiger charge is 2.28. The summed E-state index contributed by atoms with van der Waals surface area (Å²) < 4.78 is 33.6. The van der Waals surface area contributed by atoms with Crippen molar-refractivity contribution in [2.24, 2.45) is 0 Å². The van der Waals surface area contributed by atoms with Gasteiger partial charge in [0.2, 0.25) is 5.89 Å². The Balaban J connectivity index is 1.45. The number of rotatable bonds is 12. The highest BCUT2D eigenvalue weighted by Crippen LogP contribution is 2.42. The Morgan fingerprint density at radius 3 is 2.78 bits per heavy atom. The molecule has 1 amide bonds. The number of anilines is 1. The van der Waals surface area contributed by atoms with Gasteiger partial charge in [-0.15, -0.1) is 11.8 Å². The lowest BCUT2D eigenvalue weighted by Gasteiger charge is -2.32. The number of thioether (sulfide) groups is 1. The van der Waals surface area contributed by atoms with Crippen molar-refractivity contribution in [1.82, 2.24) is 15.3 Å². The third kappa shape index (κ3) is 7.18. The van der Waals surface area contributed by atoms with Crippen LogP contribution in [0.25, 0.3) is 11.5 Å². The van der Waals surface area contributed by atoms with Gasteiger partial charge < -0.3 is 24.7 Å². The fourth-order valence-electron chi connectivity index (χ4n) is 5.15. The van der Waals surface area contributed by atoms with Gasteiger partial charge in [0, 0.05) is 47.3 Å². The van der Waals surface area contributed by atoms with Crippen molar-refractivity contribution in [3.8, 4) is 11.5 Å². The average Bonchev–Trinajstić information content (AvgIpc) is 3.68. The highest BCUT2D eigenvalue weighted by atomic mass is 32.2. The van der Waals surface area contributed by atoms with Crippen molar-refractivity contribution in [2.45, 2.75) is 56.1 Å². The first-order valence-electron chi connectivity index (χ1n) is 13.9. The van der Waals surface area contributed by atoms with Crippen LogP contribution in [0.4, 0.5) is 14.5 Å². The number of fused-ring (bicyclic) bond motifs is 1. The summed E-state index contributed by atoms with van der Waals surface area (Å²) in [5, 5.41) is 14.2. The molecule has 0 spiro atoms. The lowest BCUT2D eigenvalue weighted by atomic mass is 9.96. The minimum absolute atomic E-state index is 0.0579. The number of halogens is 2. The number of aliphatic hydroxyl groups is 1. The molecule has 1 aliphatic rings. The number of hydrogen-bond donors (Lipinski definition) is 3. The maximum Gasteiger partial charge on any atom is 0.251 e. The first kappa shape index (κ1) is 28.9. The number of unbranched alkanes of at least 4 members (excludes halogenated alkanes) is 1. The monoisotopic (exact) mass is 580 g/mol. The van der Waals surface area contributed by atoms with Gasteiger partial charge in [-0.05, 0) is 67.6 Å². The van der Waals surface area contributed by atoms with Crippen LogP contribution in [0, 0.1) is 11.6 Å². The summed E-state index contributed by atoms with van der Waals surface area (Å²) >= 11 is 1.71. The maximum absolute atomic E-state index is 14.0. The van der Waals surface area contributed by atoms with E-state index in [4.69, 9.17) is 4.42 Å². The average molecular weight is 581 g/mol. The summed E-state index contributed by atoms with van der Waals surface area (Å²) in [4.78, 5) is 24.6. The molecule has 0 saturated heterocycles. The Labute approximate surface area is 242 Å². The summed E-state index contributed by atoms with van der Waals surface area (Å²) in [5.74, 6) is -0.470. The smallest absolute Gasteiger partial charge is 0.251 e. The molecular formula is C31H34F2N4O3S. The summed E-state index contributed by atoms with van der Waals surface area (Å²) in [5.41, 5.74) is 3.38. The molecule has 4 aromatic rings. The van der Waals surface area contributed by atoms with Crippen LogP contribution in [0.15, 0.2) is 70.4 Å². The van der Waals surface area contributed by atoms with Gasteiger partial charge >= 0.3 is 0 Å². The van der Waals surface area contributed by atoms with E-state index >= 15 is 0 Å². The van der Waals surface area contributed by atoms with E-state index in [1.165, 1.54) is 18.4 Å². The zero-order valence-corrected chi connectivity index (χ0v) is 23.7. The van der Waals surface area contributed by atoms with Gasteiger partial charge in [0.25, 0.3) is 5.91 Å². The number of carbonyl (C=O) groups is 1. The van der Waals surface area contributed by atoms with Crippen LogP contribution in [-0.4, -0.2) is 52.0 Å². The molecule has 0 fully saturated rings. The van der Waals surface area contributed by atoms with E-state index in [9.17, 15) is 18.7 Å². The number of aliphatic hydroxyl groups excluding tert-OH is 1. The van der Waals surface area contributed by atoms with E-state index < -0.39 is 29.7 Å². The van der Waals surface area contributed by atoms with Crippen LogP contribution in [0.1, 0.15) is 47.8 Å². The van der Waals surface area contributed by atoms with Crippen molar-refractivity contribution in [3.63, 3.8) is 0 Å². The zero-order valence-electron chi connectivity index (χ0n) is 22.9. The molecule has 0 saturated carbocycles. The van der Waals surface area contributed by atoms with E-state index in [2.05, 4.69) is 27.1 Å². The summed E-state index contributed by atoms with van der Waals surface area (Å²) in [6, 6.07) is 9.90. The number of nitrogens with one attached hydrogen (secondary N) is 2. The topological polar surface area (TPSA) is 94.4 Å². The zero-order chi connectivity index (χ0) is 28.8. The third-order valence-corrected chi connectivity index (χ3v) is 8.36. The number of amides is 1. The highest BCUT2D eigenvalue weighted by molar-refractivity contribution is 7.99. The molecule has 10 heteroatoms. The molecule has 2 aromatic heterocycles. The predicted octanol–water partition coefficient (Wildman–Crippen LogP) is 5.99. The molecule has 3 N–H and O–H groups in total. The number of nitrogens with zero attached hydrogens (tertiary/aromatic N) is 2. The Bertz CT molecular complexity index is 1430. The number of aryl methyl sites for hydroxylation is 1. The lowest BCUT2D eigenvalue weighted by molar-refractivity contribution is 0.0814. The van der Waals surface area contributed by atoms with E-state index in [0.29, 0.717) is 29.9 Å². The fraction of sp³-hybridized carbons (Fsp3) is 0.355. The summed E-state index contributed by atoms with van der Waals surface area (Å²) in [7, 11) is 0. The minimum Gasteiger partial charge on any atom is -0.444 e. The Morgan fingerprint density at radius 2 is 2.07 bits per heavy atom. The van der Waals surface area contributed by atoms with Crippen LogP contribution in [0.5, 0.6) is 0 Å². The van der Waals surface area contributed by atoms with E-state index in [1.54, 1.807) is 30.2 Å². The molecule has 2 unspecified atom stereocenters. The number of aromatic nitrogens is 2. The quantitative estimate of drug-likeness (QED) is 0.191. The molecule has 1 aliphatic heterocycles. The minimum atomic E-state index is -0.964. The number of carbonyl (C=O) groups excluding carboxylic acids is 1. The van der Waals surface area contributed by atoms with Crippen LogP contribution in [0.2, 0.25) is 0 Å². The van der Waals surface area contributed by atoms with Crippen LogP contribution >= 0.6 is 11.8 Å². The van der Waals surface area contributed by atoms with Crippen molar-refractivity contribution < 1.29 is 23.1 Å². The number of hydrogen-bond acceptors (Lipinski definition) is 6. The van der Waals surface area contributed by atoms with Gasteiger partial charge in [0.1, 0.15) is 17.9 Å². The van der Waals surface area contributed by atoms with Gasteiger partial charge in [-0.25, -0.2) is 13.8 Å². The third-order valence-electron chi connectivity index (χ3n) is 7.25. The predicted molar refractivity (Wildman–Crippen MR) is 156 cm³/mol. The summed E-state index contributed by atoms with van der Waals surface area (Å²) in [6.07, 6.45) is 6.95. The van der Waals surface area contributed by atoms with Gasteiger partial charge in [-0.2, -0.15) is 0 Å². The van der Waals surface area contributed by atoms with Gasteiger partial charge in [-0.3, -0.25) is 4.79 Å². The largest absolute Gasteiger partial charge is 0.444 e. The standard InChI is InChI=1S/C31H34F2N4O3S/c1-2-3-10-37-11-13-41-29-25(31-35-9-12-40-31)17-21(18-27(29)37)30(39)36-26(16-20-14-22(32)19-23(33)15-20)28(38)7-6-24-5-4-8-34-24/h4-5,8-9,12,14-15,17-19,26,28,34,38H,2-3,6-7,10-11,13,16H2,1H3,(H,36,39). The second-order valence-corrected chi connectivity index (χ2v) is 11.4. The molecule has 0 bridgehead atoms. The second kappa shape index (κ2) is 13.4. The van der Waals surface area contributed by atoms with E-state index in [1.807, 2.05) is 18.2 Å². The lowest BCUT2D eigenvalue weighted by Crippen LogP contribution is -2.45. The SMILES string of the molecule is CCCCN1CCSc2c(-c3ncco3)cc(C(=O)NC(Cc3cc(F)cc(F)c3)C(O)CCc3ccc[nH]3)cc21. The number of H-pyrrole nitrogens is 1. The van der Waals surface area contributed by atoms with E-state index in [0.717, 1.165) is 59.6 Å². The molecule has 2 aromatic carbocycles. The van der Waals surface area contributed by atoms with Crippen molar-refractivity contribution in [1.29, 1.82) is 0 Å². The van der Waals surface area contributed by atoms with Crippen molar-refractivity contribution in [3.05, 3.63) is 89.6 Å². The maximum atomic E-state index is 14.0. The van der Waals surface area contributed by atoms with Gasteiger partial charge in [0.05, 0.1) is 29.6 Å². The van der Waals surface area contributed by atoms with E-state index in [-0.39, 0.29) is 6.42 Å². The normalized spacial score (nSPS) is 14.5. The molecule has 0 aliphatic carbocycles. The van der Waals surface area contributed by atoms with Crippen LogP contribution < -0.4 is 10.2 Å². The molecule has 7 nitrogen and oxygen atoms in total. The number of aromatic amines is 1. The molecule has 0 radical (unpaired) electrons. The first-order chi connectivity index (χ1) is 19.9. The van der Waals surface area contributed by atoms with Crippen LogP contribution in [0.3, 0.4) is 0 Å². The van der Waals surface area contributed by atoms with Crippen molar-refractivity contribution in [2.75, 3.05) is 23.7 Å². The molecule has 2 atom stereocenters. The molecule has 5 rings (SSSR count).